The van der Waals surface area contributed by atoms with Crippen molar-refractivity contribution in [1.82, 2.24) is 19.9 Å². The zero-order valence-electron chi connectivity index (χ0n) is 19.7. The van der Waals surface area contributed by atoms with Crippen LogP contribution in [0.3, 0.4) is 0 Å². The van der Waals surface area contributed by atoms with Crippen molar-refractivity contribution < 1.29 is 17.9 Å². The average molecular weight is 569 g/mol. The summed E-state index contributed by atoms with van der Waals surface area (Å²) in [6.07, 6.45) is 0. The molecule has 36 heavy (non-hydrogen) atoms. The lowest BCUT2D eigenvalue weighted by atomic mass is 10.2. The van der Waals surface area contributed by atoms with E-state index in [1.165, 1.54) is 17.4 Å². The van der Waals surface area contributed by atoms with Crippen LogP contribution in [-0.2, 0) is 16.6 Å². The molecule has 2 aromatic carbocycles. The highest BCUT2D eigenvalue weighted by atomic mass is 35.5. The first-order chi connectivity index (χ1) is 17.1. The summed E-state index contributed by atoms with van der Waals surface area (Å²) in [7, 11) is -0.128. The number of nitrogens with one attached hydrogen (secondary N) is 1. The normalized spacial score (nSPS) is 11.7. The third-order valence-electron chi connectivity index (χ3n) is 5.06. The number of anilines is 1. The first-order valence-electron chi connectivity index (χ1n) is 10.7. The summed E-state index contributed by atoms with van der Waals surface area (Å²) in [5.41, 5.74) is 3.05. The summed E-state index contributed by atoms with van der Waals surface area (Å²) >= 11 is 13.7. The maximum atomic E-state index is 13.2. The zero-order chi connectivity index (χ0) is 25.9. The Balaban J connectivity index is 1.59. The highest BCUT2D eigenvalue weighted by Crippen LogP contribution is 2.31. The van der Waals surface area contributed by atoms with E-state index >= 15 is 0 Å². The second kappa shape index (κ2) is 11.1. The molecule has 0 aliphatic carbocycles. The van der Waals surface area contributed by atoms with Gasteiger partial charge in [-0.05, 0) is 56.4 Å². The van der Waals surface area contributed by atoms with E-state index in [1.54, 1.807) is 42.8 Å². The number of halogens is 2. The van der Waals surface area contributed by atoms with E-state index in [0.717, 1.165) is 12.1 Å². The molecule has 0 saturated carbocycles. The van der Waals surface area contributed by atoms with Crippen molar-refractivity contribution >= 4 is 60.9 Å². The van der Waals surface area contributed by atoms with Crippen molar-refractivity contribution in [2.45, 2.75) is 18.4 Å². The number of fused-ring (bicyclic) bond motifs is 1. The molecule has 1 N–H and O–H groups in total. The molecule has 13 heteroatoms. The fraction of sp³-hybridized carbons (Fsp3) is 0.261. The quantitative estimate of drug-likeness (QED) is 0.284. The number of rotatable bonds is 10. The van der Waals surface area contributed by atoms with Crippen LogP contribution >= 0.6 is 34.5 Å². The molecule has 9 nitrogen and oxygen atoms in total. The summed E-state index contributed by atoms with van der Waals surface area (Å²) in [5.74, 6) is 0.463. The monoisotopic (exact) mass is 567 g/mol. The van der Waals surface area contributed by atoms with Crippen LogP contribution in [0, 0.1) is 6.92 Å². The number of sulfonamides is 1. The Hall–Kier alpha value is -2.70. The van der Waals surface area contributed by atoms with Crippen molar-refractivity contribution in [2.75, 3.05) is 32.0 Å². The molecule has 0 amide bonds. The molecule has 0 fully saturated rings. The van der Waals surface area contributed by atoms with Gasteiger partial charge in [0.1, 0.15) is 19.0 Å². The third-order valence-corrected chi connectivity index (χ3v) is 7.97. The molecule has 0 aliphatic rings. The standard InChI is InChI=1S/C23H23Cl2N5O4S2/c1-14-16(24)5-4-6-19(14)36(31,32)29-20-22(28-23-21(27-20)26-13-35-23)34-12-15-7-8-17(25)18(11-15)33-10-9-30(2)3/h4-8,11,13H,9-10,12H2,1-3H3,(H,27,29). The Kier molecular flexibility index (Phi) is 8.16. The van der Waals surface area contributed by atoms with Crippen LogP contribution in [0.15, 0.2) is 46.8 Å². The minimum atomic E-state index is -4.04. The number of hydrogen-bond acceptors (Lipinski definition) is 9. The van der Waals surface area contributed by atoms with Crippen LogP contribution in [0.5, 0.6) is 11.6 Å². The van der Waals surface area contributed by atoms with Gasteiger partial charge in [0.15, 0.2) is 10.5 Å². The maximum Gasteiger partial charge on any atom is 0.263 e. The van der Waals surface area contributed by atoms with E-state index in [1.807, 2.05) is 19.0 Å². The van der Waals surface area contributed by atoms with Gasteiger partial charge in [0.2, 0.25) is 5.82 Å². The molecular weight excluding hydrogens is 545 g/mol. The summed E-state index contributed by atoms with van der Waals surface area (Å²) in [6, 6.07) is 9.93. The fourth-order valence-electron chi connectivity index (χ4n) is 3.15. The Morgan fingerprint density at radius 2 is 1.89 bits per heavy atom. The highest BCUT2D eigenvalue weighted by molar-refractivity contribution is 7.92. The van der Waals surface area contributed by atoms with Gasteiger partial charge in [0, 0.05) is 11.6 Å². The number of thiazole rings is 1. The summed E-state index contributed by atoms with van der Waals surface area (Å²) in [5, 5.41) is 0.815. The van der Waals surface area contributed by atoms with Gasteiger partial charge in [-0.15, -0.1) is 11.3 Å². The molecule has 0 atom stereocenters. The van der Waals surface area contributed by atoms with Crippen LogP contribution in [0.2, 0.25) is 10.0 Å². The van der Waals surface area contributed by atoms with Gasteiger partial charge in [-0.1, -0.05) is 35.3 Å². The zero-order valence-corrected chi connectivity index (χ0v) is 22.8. The summed E-state index contributed by atoms with van der Waals surface area (Å²) < 4.78 is 40.5. The Morgan fingerprint density at radius 1 is 1.08 bits per heavy atom. The Morgan fingerprint density at radius 3 is 2.67 bits per heavy atom. The summed E-state index contributed by atoms with van der Waals surface area (Å²) in [4.78, 5) is 15.4. The van der Waals surface area contributed by atoms with Crippen LogP contribution < -0.4 is 14.2 Å². The predicted molar refractivity (Wildman–Crippen MR) is 142 cm³/mol. The Labute approximate surface area is 223 Å². The third kappa shape index (κ3) is 6.16. The predicted octanol–water partition coefficient (Wildman–Crippen LogP) is 5.02. The lowest BCUT2D eigenvalue weighted by Crippen LogP contribution is -2.19. The van der Waals surface area contributed by atoms with Crippen molar-refractivity contribution in [3.8, 4) is 11.6 Å². The molecule has 0 bridgehead atoms. The summed E-state index contributed by atoms with van der Waals surface area (Å²) in [6.45, 7) is 2.91. The number of benzene rings is 2. The average Bonchev–Trinajstić information content (AvgIpc) is 3.27. The molecule has 0 radical (unpaired) electrons. The lowest BCUT2D eigenvalue weighted by molar-refractivity contribution is 0.259. The van der Waals surface area contributed by atoms with Crippen molar-refractivity contribution in [3.05, 3.63) is 63.1 Å². The Bertz CT molecular complexity index is 1500. The van der Waals surface area contributed by atoms with E-state index in [9.17, 15) is 8.42 Å². The molecule has 4 aromatic rings. The lowest BCUT2D eigenvalue weighted by Gasteiger charge is -2.15. The number of nitrogens with zero attached hydrogens (tertiary/aromatic N) is 4. The first-order valence-corrected chi connectivity index (χ1v) is 13.8. The molecule has 0 unspecified atom stereocenters. The molecule has 2 heterocycles. The van der Waals surface area contributed by atoms with Crippen LogP contribution in [0.1, 0.15) is 11.1 Å². The van der Waals surface area contributed by atoms with Gasteiger partial charge < -0.3 is 14.4 Å². The second-order valence-electron chi connectivity index (χ2n) is 8.03. The molecular formula is C23H23Cl2N5O4S2. The largest absolute Gasteiger partial charge is 0.491 e. The van der Waals surface area contributed by atoms with Gasteiger partial charge in [-0.3, -0.25) is 4.72 Å². The number of ether oxygens (including phenoxy) is 2. The van der Waals surface area contributed by atoms with Crippen LogP contribution in [0.25, 0.3) is 10.5 Å². The maximum absolute atomic E-state index is 13.2. The minimum Gasteiger partial charge on any atom is -0.491 e. The topological polar surface area (TPSA) is 107 Å². The SMILES string of the molecule is Cc1c(Cl)cccc1S(=O)(=O)Nc1nc2ncsc2nc1OCc1ccc(Cl)c(OCCN(C)C)c1. The van der Waals surface area contributed by atoms with Crippen molar-refractivity contribution in [3.63, 3.8) is 0 Å². The molecule has 0 spiro atoms. The minimum absolute atomic E-state index is 0.0139. The van der Waals surface area contributed by atoms with Crippen LogP contribution in [-0.4, -0.2) is 55.5 Å². The van der Waals surface area contributed by atoms with E-state index in [0.29, 0.717) is 38.4 Å². The number of hydrogen-bond donors (Lipinski definition) is 1. The van der Waals surface area contributed by atoms with Gasteiger partial charge in [-0.2, -0.15) is 4.98 Å². The van der Waals surface area contributed by atoms with Gasteiger partial charge in [0.05, 0.1) is 15.4 Å². The highest BCUT2D eigenvalue weighted by Gasteiger charge is 2.23. The van der Waals surface area contributed by atoms with E-state index in [4.69, 9.17) is 32.7 Å². The molecule has 190 valence electrons. The van der Waals surface area contributed by atoms with Gasteiger partial charge in [0.25, 0.3) is 15.9 Å². The van der Waals surface area contributed by atoms with E-state index in [-0.39, 0.29) is 23.2 Å². The van der Waals surface area contributed by atoms with E-state index in [2.05, 4.69) is 19.7 Å². The number of likely N-dealkylation sites (N-methyl/N-ethyl adjacent to an activating group) is 1. The van der Waals surface area contributed by atoms with Crippen molar-refractivity contribution in [2.24, 2.45) is 0 Å². The smallest absolute Gasteiger partial charge is 0.263 e. The molecule has 4 rings (SSSR count). The first kappa shape index (κ1) is 26.4. The van der Waals surface area contributed by atoms with Gasteiger partial charge >= 0.3 is 0 Å². The molecule has 2 aromatic heterocycles. The molecule has 0 saturated heterocycles. The fourth-order valence-corrected chi connectivity index (χ4v) is 5.41. The number of aromatic nitrogens is 3. The molecule has 0 aliphatic heterocycles. The van der Waals surface area contributed by atoms with Gasteiger partial charge in [-0.25, -0.2) is 18.4 Å². The van der Waals surface area contributed by atoms with Crippen molar-refractivity contribution in [1.29, 1.82) is 0 Å². The van der Waals surface area contributed by atoms with E-state index < -0.39 is 10.0 Å². The van der Waals surface area contributed by atoms with Crippen LogP contribution in [0.4, 0.5) is 5.82 Å². The second-order valence-corrected chi connectivity index (χ2v) is 11.3.